The number of hydrogen-bond donors (Lipinski definition) is 0. The third kappa shape index (κ3) is 4.31. The molecule has 7 heteroatoms. The first-order chi connectivity index (χ1) is 15.6. The average Bonchev–Trinajstić information content (AvgIpc) is 3.20. The molecule has 0 saturated carbocycles. The zero-order chi connectivity index (χ0) is 22.1. The summed E-state index contributed by atoms with van der Waals surface area (Å²) in [5.74, 6) is 2.72. The number of nitrogens with zero attached hydrogens (tertiary/aromatic N) is 4. The summed E-state index contributed by atoms with van der Waals surface area (Å²) in [6.07, 6.45) is 0. The molecule has 2 aromatic heterocycles. The maximum atomic E-state index is 6.22. The van der Waals surface area contributed by atoms with Crippen LogP contribution in [0.5, 0.6) is 5.75 Å². The Balaban J connectivity index is 1.39. The molecule has 5 rings (SSSR count). The molecule has 2 aromatic carbocycles. The fourth-order valence-electron chi connectivity index (χ4n) is 4.21. The number of halogens is 1. The van der Waals surface area contributed by atoms with Gasteiger partial charge < -0.3 is 9.64 Å². The maximum Gasteiger partial charge on any atom is 0.163 e. The highest BCUT2D eigenvalue weighted by molar-refractivity contribution is 7.18. The minimum absolute atomic E-state index is 0.740. The van der Waals surface area contributed by atoms with Crippen LogP contribution < -0.4 is 9.64 Å². The van der Waals surface area contributed by atoms with Crippen molar-refractivity contribution in [3.63, 3.8) is 0 Å². The minimum atomic E-state index is 0.740. The van der Waals surface area contributed by atoms with Crippen molar-refractivity contribution in [1.29, 1.82) is 0 Å². The molecule has 0 unspecified atom stereocenters. The van der Waals surface area contributed by atoms with Crippen molar-refractivity contribution >= 4 is 39.0 Å². The summed E-state index contributed by atoms with van der Waals surface area (Å²) >= 11 is 7.95. The van der Waals surface area contributed by atoms with E-state index in [2.05, 4.69) is 34.9 Å². The SMILES string of the molecule is COc1ccc(Cl)cc1CN1CCN(c2nc(-c3ccccc3)nc3sc(C)cc23)CC1. The predicted molar refractivity (Wildman–Crippen MR) is 133 cm³/mol. The molecule has 0 radical (unpaired) electrons. The van der Waals surface area contributed by atoms with Gasteiger partial charge in [-0.1, -0.05) is 41.9 Å². The summed E-state index contributed by atoms with van der Waals surface area (Å²) in [5, 5.41) is 1.89. The Labute approximate surface area is 197 Å². The molecule has 1 fully saturated rings. The van der Waals surface area contributed by atoms with Gasteiger partial charge in [0.1, 0.15) is 16.4 Å². The third-order valence-electron chi connectivity index (χ3n) is 5.84. The molecule has 5 nitrogen and oxygen atoms in total. The number of methoxy groups -OCH3 is 1. The van der Waals surface area contributed by atoms with Crippen LogP contribution in [-0.2, 0) is 6.54 Å². The first-order valence-corrected chi connectivity index (χ1v) is 11.9. The molecule has 1 aliphatic rings. The highest BCUT2D eigenvalue weighted by Crippen LogP contribution is 2.33. The monoisotopic (exact) mass is 464 g/mol. The van der Waals surface area contributed by atoms with Crippen molar-refractivity contribution in [2.75, 3.05) is 38.2 Å². The molecule has 0 bridgehead atoms. The lowest BCUT2D eigenvalue weighted by Crippen LogP contribution is -2.46. The fourth-order valence-corrected chi connectivity index (χ4v) is 5.28. The van der Waals surface area contributed by atoms with Crippen molar-refractivity contribution in [2.45, 2.75) is 13.5 Å². The molecule has 3 heterocycles. The van der Waals surface area contributed by atoms with E-state index in [9.17, 15) is 0 Å². The number of piperazine rings is 1. The van der Waals surface area contributed by atoms with E-state index in [4.69, 9.17) is 26.3 Å². The molecule has 0 atom stereocenters. The van der Waals surface area contributed by atoms with Gasteiger partial charge in [0.25, 0.3) is 0 Å². The summed E-state index contributed by atoms with van der Waals surface area (Å²) in [6, 6.07) is 18.3. The molecular formula is C25H25ClN4OS. The van der Waals surface area contributed by atoms with Crippen LogP contribution in [0, 0.1) is 6.92 Å². The number of hydrogen-bond acceptors (Lipinski definition) is 6. The van der Waals surface area contributed by atoms with Gasteiger partial charge >= 0.3 is 0 Å². The molecule has 0 N–H and O–H groups in total. The normalized spacial score (nSPS) is 14.8. The zero-order valence-corrected chi connectivity index (χ0v) is 19.8. The fraction of sp³-hybridized carbons (Fsp3) is 0.280. The van der Waals surface area contributed by atoms with E-state index in [0.717, 1.165) is 76.5 Å². The van der Waals surface area contributed by atoms with E-state index in [1.807, 2.05) is 36.4 Å². The highest BCUT2D eigenvalue weighted by atomic mass is 35.5. The second-order valence-electron chi connectivity index (χ2n) is 8.03. The lowest BCUT2D eigenvalue weighted by atomic mass is 10.1. The summed E-state index contributed by atoms with van der Waals surface area (Å²) in [4.78, 5) is 17.0. The molecule has 0 aliphatic carbocycles. The number of aryl methyl sites for hydroxylation is 1. The van der Waals surface area contributed by atoms with Crippen LogP contribution in [-0.4, -0.2) is 48.2 Å². The molecule has 32 heavy (non-hydrogen) atoms. The van der Waals surface area contributed by atoms with Crippen LogP contribution in [0.2, 0.25) is 5.02 Å². The standard InChI is InChI=1S/C25H25ClN4OS/c1-17-14-21-24(27-23(28-25(21)32-17)18-6-4-3-5-7-18)30-12-10-29(11-13-30)16-19-15-20(26)8-9-22(19)31-2/h3-9,14-15H,10-13,16H2,1-2H3. The molecule has 1 aliphatic heterocycles. The Kier molecular flexibility index (Phi) is 6.00. The second-order valence-corrected chi connectivity index (χ2v) is 9.70. The largest absolute Gasteiger partial charge is 0.496 e. The summed E-state index contributed by atoms with van der Waals surface area (Å²) in [5.41, 5.74) is 2.17. The number of ether oxygens (including phenoxy) is 1. The molecule has 4 aromatic rings. The molecule has 0 amide bonds. The van der Waals surface area contributed by atoms with Crippen LogP contribution in [0.15, 0.2) is 54.6 Å². The van der Waals surface area contributed by atoms with E-state index >= 15 is 0 Å². The Hall–Kier alpha value is -2.67. The van der Waals surface area contributed by atoms with Crippen LogP contribution in [0.3, 0.4) is 0 Å². The number of anilines is 1. The van der Waals surface area contributed by atoms with Crippen LogP contribution in [0.4, 0.5) is 5.82 Å². The van der Waals surface area contributed by atoms with Crippen molar-refractivity contribution in [3.05, 3.63) is 70.1 Å². The summed E-state index contributed by atoms with van der Waals surface area (Å²) < 4.78 is 5.53. The topological polar surface area (TPSA) is 41.5 Å². The van der Waals surface area contributed by atoms with Gasteiger partial charge in [-0.25, -0.2) is 9.97 Å². The molecular weight excluding hydrogens is 440 g/mol. The van der Waals surface area contributed by atoms with Gasteiger partial charge in [0, 0.05) is 53.8 Å². The van der Waals surface area contributed by atoms with E-state index in [1.165, 1.54) is 4.88 Å². The van der Waals surface area contributed by atoms with Gasteiger partial charge in [0.15, 0.2) is 5.82 Å². The number of fused-ring (bicyclic) bond motifs is 1. The number of rotatable bonds is 5. The lowest BCUT2D eigenvalue weighted by molar-refractivity contribution is 0.246. The first kappa shape index (κ1) is 21.2. The van der Waals surface area contributed by atoms with Crippen molar-refractivity contribution in [2.24, 2.45) is 0 Å². The number of aromatic nitrogens is 2. The predicted octanol–water partition coefficient (Wildman–Crippen LogP) is 5.65. The second kappa shape index (κ2) is 9.06. The highest BCUT2D eigenvalue weighted by Gasteiger charge is 2.23. The van der Waals surface area contributed by atoms with E-state index in [1.54, 1.807) is 18.4 Å². The van der Waals surface area contributed by atoms with E-state index < -0.39 is 0 Å². The smallest absolute Gasteiger partial charge is 0.163 e. The average molecular weight is 465 g/mol. The Morgan fingerprint density at radius 2 is 1.78 bits per heavy atom. The quantitative estimate of drug-likeness (QED) is 0.381. The number of thiophene rings is 1. The zero-order valence-electron chi connectivity index (χ0n) is 18.2. The first-order valence-electron chi connectivity index (χ1n) is 10.7. The molecule has 164 valence electrons. The lowest BCUT2D eigenvalue weighted by Gasteiger charge is -2.36. The Morgan fingerprint density at radius 3 is 2.53 bits per heavy atom. The van der Waals surface area contributed by atoms with Crippen molar-refractivity contribution in [1.82, 2.24) is 14.9 Å². The van der Waals surface area contributed by atoms with E-state index in [0.29, 0.717) is 0 Å². The number of benzene rings is 2. The van der Waals surface area contributed by atoms with Crippen molar-refractivity contribution in [3.8, 4) is 17.1 Å². The van der Waals surface area contributed by atoms with Gasteiger partial charge in [0.2, 0.25) is 0 Å². The van der Waals surface area contributed by atoms with Gasteiger partial charge in [-0.3, -0.25) is 4.90 Å². The van der Waals surface area contributed by atoms with Crippen LogP contribution in [0.1, 0.15) is 10.4 Å². The molecule has 1 saturated heterocycles. The van der Waals surface area contributed by atoms with Gasteiger partial charge in [-0.2, -0.15) is 0 Å². The van der Waals surface area contributed by atoms with E-state index in [-0.39, 0.29) is 0 Å². The Morgan fingerprint density at radius 1 is 1.00 bits per heavy atom. The minimum Gasteiger partial charge on any atom is -0.496 e. The van der Waals surface area contributed by atoms with Gasteiger partial charge in [0.05, 0.1) is 12.5 Å². The van der Waals surface area contributed by atoms with Crippen LogP contribution in [0.25, 0.3) is 21.6 Å². The third-order valence-corrected chi connectivity index (χ3v) is 7.02. The summed E-state index contributed by atoms with van der Waals surface area (Å²) in [6.45, 7) is 6.68. The van der Waals surface area contributed by atoms with Crippen molar-refractivity contribution < 1.29 is 4.74 Å². The van der Waals surface area contributed by atoms with Gasteiger partial charge in [-0.05, 0) is 31.2 Å². The summed E-state index contributed by atoms with van der Waals surface area (Å²) in [7, 11) is 1.71. The van der Waals surface area contributed by atoms with Crippen LogP contribution >= 0.6 is 22.9 Å². The maximum absolute atomic E-state index is 6.22. The van der Waals surface area contributed by atoms with Gasteiger partial charge in [-0.15, -0.1) is 11.3 Å². The Bertz CT molecular complexity index is 1240. The molecule has 0 spiro atoms.